The second kappa shape index (κ2) is 8.91. The standard InChI is InChI=1S/C25H24F3NO4/c1-5-29-21-12-18(15(2)10-20(21)24(3,4)13-22(29)30)19-11-16(7-9-23(31)32)6-8-17(19)14-33-25(26,27)28/h6,8,10-12H,5,13-14H2,1-4H3,(H,31,32). The number of alkyl halides is 3. The number of fused-ring (bicyclic) bond motifs is 1. The van der Waals surface area contributed by atoms with Gasteiger partial charge in [-0.3, -0.25) is 9.53 Å². The van der Waals surface area contributed by atoms with Crippen molar-refractivity contribution in [3.05, 3.63) is 52.6 Å². The van der Waals surface area contributed by atoms with Crippen molar-refractivity contribution in [1.82, 2.24) is 0 Å². The van der Waals surface area contributed by atoms with E-state index in [-0.39, 0.29) is 11.5 Å². The summed E-state index contributed by atoms with van der Waals surface area (Å²) >= 11 is 0. The van der Waals surface area contributed by atoms with Crippen LogP contribution in [0.1, 0.15) is 49.4 Å². The molecule has 0 atom stereocenters. The van der Waals surface area contributed by atoms with Crippen molar-refractivity contribution < 1.29 is 32.6 Å². The topological polar surface area (TPSA) is 66.8 Å². The molecule has 5 nitrogen and oxygen atoms in total. The van der Waals surface area contributed by atoms with Crippen molar-refractivity contribution in [2.75, 3.05) is 11.4 Å². The van der Waals surface area contributed by atoms with Crippen molar-refractivity contribution in [2.24, 2.45) is 0 Å². The fourth-order valence-corrected chi connectivity index (χ4v) is 4.12. The lowest BCUT2D eigenvalue weighted by Gasteiger charge is -2.39. The monoisotopic (exact) mass is 459 g/mol. The van der Waals surface area contributed by atoms with Crippen LogP contribution in [0.5, 0.6) is 0 Å². The van der Waals surface area contributed by atoms with Gasteiger partial charge in [-0.05, 0) is 59.9 Å². The number of hydrogen-bond donors (Lipinski definition) is 1. The third-order valence-electron chi connectivity index (χ3n) is 5.68. The second-order valence-electron chi connectivity index (χ2n) is 8.54. The van der Waals surface area contributed by atoms with Gasteiger partial charge in [-0.1, -0.05) is 31.9 Å². The summed E-state index contributed by atoms with van der Waals surface area (Å²) in [5, 5.41) is 8.84. The third-order valence-corrected chi connectivity index (χ3v) is 5.68. The number of aryl methyl sites for hydroxylation is 1. The number of benzene rings is 2. The molecule has 1 amide bonds. The molecule has 8 heteroatoms. The lowest BCUT2D eigenvalue weighted by Crippen LogP contribution is -2.41. The van der Waals surface area contributed by atoms with E-state index in [1.165, 1.54) is 12.1 Å². The average Bonchev–Trinajstić information content (AvgIpc) is 2.70. The van der Waals surface area contributed by atoms with Gasteiger partial charge in [0.05, 0.1) is 6.61 Å². The molecule has 0 aliphatic carbocycles. The van der Waals surface area contributed by atoms with Crippen LogP contribution in [-0.4, -0.2) is 29.9 Å². The molecule has 0 saturated heterocycles. The molecule has 3 rings (SSSR count). The van der Waals surface area contributed by atoms with E-state index < -0.39 is 24.4 Å². The number of carbonyl (C=O) groups is 2. The van der Waals surface area contributed by atoms with Crippen LogP contribution in [0.15, 0.2) is 30.3 Å². The Morgan fingerprint density at radius 2 is 1.91 bits per heavy atom. The average molecular weight is 459 g/mol. The Labute approximate surface area is 190 Å². The highest BCUT2D eigenvalue weighted by molar-refractivity contribution is 5.99. The summed E-state index contributed by atoms with van der Waals surface area (Å²) in [6, 6.07) is 8.22. The molecule has 1 heterocycles. The van der Waals surface area contributed by atoms with Crippen LogP contribution in [0.3, 0.4) is 0 Å². The zero-order chi connectivity index (χ0) is 24.6. The van der Waals surface area contributed by atoms with Crippen LogP contribution in [0.4, 0.5) is 18.9 Å². The zero-order valence-corrected chi connectivity index (χ0v) is 18.8. The van der Waals surface area contributed by atoms with Crippen LogP contribution in [-0.2, 0) is 26.3 Å². The number of carboxylic acid groups (broad SMARTS) is 1. The van der Waals surface area contributed by atoms with E-state index in [1.54, 1.807) is 11.0 Å². The summed E-state index contributed by atoms with van der Waals surface area (Å²) in [5.41, 5.74) is 3.78. The van der Waals surface area contributed by atoms with Crippen molar-refractivity contribution in [3.63, 3.8) is 0 Å². The number of carboxylic acids is 1. The Kier molecular flexibility index (Phi) is 6.57. The van der Waals surface area contributed by atoms with E-state index >= 15 is 0 Å². The largest absolute Gasteiger partial charge is 0.522 e. The minimum Gasteiger partial charge on any atom is -0.472 e. The number of rotatable bonds is 4. The number of ether oxygens (including phenoxy) is 1. The molecule has 0 saturated carbocycles. The first-order valence-electron chi connectivity index (χ1n) is 10.4. The number of aliphatic carboxylic acids is 1. The molecule has 33 heavy (non-hydrogen) atoms. The quantitative estimate of drug-likeness (QED) is 0.641. The number of carbonyl (C=O) groups excluding carboxylic acids is 1. The molecule has 2 aromatic rings. The van der Waals surface area contributed by atoms with Gasteiger partial charge in [-0.25, -0.2) is 4.79 Å². The van der Waals surface area contributed by atoms with Gasteiger partial charge in [0, 0.05) is 35.6 Å². The lowest BCUT2D eigenvalue weighted by molar-refractivity contribution is -0.330. The number of hydrogen-bond acceptors (Lipinski definition) is 3. The summed E-state index contributed by atoms with van der Waals surface area (Å²) in [6.07, 6.45) is -4.45. The molecule has 0 unspecified atom stereocenters. The molecule has 0 spiro atoms. The Morgan fingerprint density at radius 1 is 1.21 bits per heavy atom. The summed E-state index contributed by atoms with van der Waals surface area (Å²) < 4.78 is 42.3. The summed E-state index contributed by atoms with van der Waals surface area (Å²) in [5.74, 6) is 3.18. The van der Waals surface area contributed by atoms with Gasteiger partial charge in [0.1, 0.15) is 0 Å². The third kappa shape index (κ3) is 5.37. The molecule has 0 radical (unpaired) electrons. The molecule has 2 aromatic carbocycles. The Balaban J connectivity index is 2.22. The van der Waals surface area contributed by atoms with E-state index in [0.717, 1.165) is 11.1 Å². The number of amides is 1. The first-order chi connectivity index (χ1) is 15.3. The molecule has 174 valence electrons. The molecule has 0 bridgehead atoms. The summed E-state index contributed by atoms with van der Waals surface area (Å²) in [6.45, 7) is 7.43. The van der Waals surface area contributed by atoms with Gasteiger partial charge < -0.3 is 10.0 Å². The van der Waals surface area contributed by atoms with E-state index in [2.05, 4.69) is 10.7 Å². The van der Waals surface area contributed by atoms with Gasteiger partial charge in [0.25, 0.3) is 0 Å². The molecule has 1 aliphatic heterocycles. The predicted octanol–water partition coefficient (Wildman–Crippen LogP) is 5.17. The number of halogens is 3. The van der Waals surface area contributed by atoms with E-state index in [4.69, 9.17) is 5.11 Å². The molecule has 0 fully saturated rings. The fraction of sp³-hybridized carbons (Fsp3) is 0.360. The lowest BCUT2D eigenvalue weighted by atomic mass is 9.75. The molecule has 1 aliphatic rings. The highest BCUT2D eigenvalue weighted by atomic mass is 19.4. The Morgan fingerprint density at radius 3 is 2.52 bits per heavy atom. The molecule has 1 N–H and O–H groups in total. The normalized spacial score (nSPS) is 15.0. The fourth-order valence-electron chi connectivity index (χ4n) is 4.12. The minimum absolute atomic E-state index is 0.0218. The van der Waals surface area contributed by atoms with E-state index in [0.29, 0.717) is 35.3 Å². The molecular formula is C25H24F3NO4. The van der Waals surface area contributed by atoms with Gasteiger partial charge in [0.2, 0.25) is 5.91 Å². The summed E-state index contributed by atoms with van der Waals surface area (Å²) in [7, 11) is 0. The second-order valence-corrected chi connectivity index (χ2v) is 8.54. The maximum Gasteiger partial charge on any atom is 0.522 e. The highest BCUT2D eigenvalue weighted by Gasteiger charge is 2.37. The number of nitrogens with zero attached hydrogens (tertiary/aromatic N) is 1. The Bertz CT molecular complexity index is 1170. The maximum atomic E-state index is 12.7. The van der Waals surface area contributed by atoms with Crippen LogP contribution in [0, 0.1) is 18.8 Å². The van der Waals surface area contributed by atoms with Crippen molar-refractivity contribution >= 4 is 17.6 Å². The van der Waals surface area contributed by atoms with Gasteiger partial charge in [0.15, 0.2) is 0 Å². The smallest absolute Gasteiger partial charge is 0.472 e. The first-order valence-corrected chi connectivity index (χ1v) is 10.4. The van der Waals surface area contributed by atoms with Gasteiger partial charge in [-0.2, -0.15) is 0 Å². The Hall–Kier alpha value is -3.31. The van der Waals surface area contributed by atoms with Gasteiger partial charge >= 0.3 is 12.3 Å². The van der Waals surface area contributed by atoms with Crippen molar-refractivity contribution in [1.29, 1.82) is 0 Å². The van der Waals surface area contributed by atoms with E-state index in [9.17, 15) is 22.8 Å². The molecule has 0 aromatic heterocycles. The predicted molar refractivity (Wildman–Crippen MR) is 118 cm³/mol. The van der Waals surface area contributed by atoms with Crippen LogP contribution >= 0.6 is 0 Å². The zero-order valence-electron chi connectivity index (χ0n) is 18.8. The number of anilines is 1. The van der Waals surface area contributed by atoms with Crippen molar-refractivity contribution in [3.8, 4) is 23.0 Å². The minimum atomic E-state index is -4.81. The van der Waals surface area contributed by atoms with Crippen LogP contribution in [0.25, 0.3) is 11.1 Å². The van der Waals surface area contributed by atoms with Crippen LogP contribution < -0.4 is 4.90 Å². The summed E-state index contributed by atoms with van der Waals surface area (Å²) in [4.78, 5) is 25.2. The van der Waals surface area contributed by atoms with Crippen LogP contribution in [0.2, 0.25) is 0 Å². The molecular weight excluding hydrogens is 435 g/mol. The highest BCUT2D eigenvalue weighted by Crippen LogP contribution is 2.44. The van der Waals surface area contributed by atoms with Crippen molar-refractivity contribution in [2.45, 2.75) is 52.5 Å². The van der Waals surface area contributed by atoms with Gasteiger partial charge in [-0.15, -0.1) is 13.2 Å². The van der Waals surface area contributed by atoms with E-state index in [1.807, 2.05) is 45.7 Å². The first kappa shape index (κ1) is 24.3. The SMILES string of the molecule is CCN1C(=O)CC(C)(C)c2cc(C)c(-c3cc(C#CC(=O)O)ccc3COC(F)(F)F)cc21. The maximum absolute atomic E-state index is 12.7.